The van der Waals surface area contributed by atoms with E-state index in [9.17, 15) is 19.8 Å². The fraction of sp³-hybridized carbons (Fsp3) is 0.0800. The van der Waals surface area contributed by atoms with Gasteiger partial charge in [-0.2, -0.15) is 0 Å². The van der Waals surface area contributed by atoms with E-state index < -0.39 is 17.7 Å². The van der Waals surface area contributed by atoms with Gasteiger partial charge in [0.15, 0.2) is 5.13 Å². The number of methoxy groups -OCH3 is 1. The van der Waals surface area contributed by atoms with Crippen molar-refractivity contribution in [3.05, 3.63) is 89.5 Å². The summed E-state index contributed by atoms with van der Waals surface area (Å²) in [5.74, 6) is -1.28. The Morgan fingerprint density at radius 3 is 2.55 bits per heavy atom. The summed E-state index contributed by atoms with van der Waals surface area (Å²) in [6.45, 7) is 0. The molecule has 0 bridgehead atoms. The number of aliphatic hydroxyl groups excluding tert-OH is 1. The van der Waals surface area contributed by atoms with Crippen molar-refractivity contribution in [2.45, 2.75) is 6.04 Å². The van der Waals surface area contributed by atoms with Crippen LogP contribution in [0.25, 0.3) is 16.0 Å². The first-order valence-electron chi connectivity index (χ1n) is 10.1. The summed E-state index contributed by atoms with van der Waals surface area (Å²) in [7, 11) is 1.56. The molecular weight excluding hydrogens is 440 g/mol. The molecule has 1 unspecified atom stereocenters. The molecule has 1 fully saturated rings. The first-order chi connectivity index (χ1) is 16.0. The number of aromatic nitrogens is 1. The Labute approximate surface area is 192 Å². The maximum Gasteiger partial charge on any atom is 0.301 e. The van der Waals surface area contributed by atoms with Gasteiger partial charge >= 0.3 is 5.91 Å². The zero-order chi connectivity index (χ0) is 23.1. The number of amides is 1. The maximum absolute atomic E-state index is 13.2. The van der Waals surface area contributed by atoms with Crippen molar-refractivity contribution in [3.8, 4) is 11.5 Å². The fourth-order valence-electron chi connectivity index (χ4n) is 3.91. The third-order valence-corrected chi connectivity index (χ3v) is 6.49. The zero-order valence-electron chi connectivity index (χ0n) is 17.4. The van der Waals surface area contributed by atoms with Crippen LogP contribution in [0, 0.1) is 0 Å². The molecule has 1 saturated heterocycles. The molecule has 4 aromatic rings. The van der Waals surface area contributed by atoms with E-state index in [1.807, 2.05) is 0 Å². The van der Waals surface area contributed by atoms with Crippen molar-refractivity contribution < 1.29 is 24.5 Å². The number of carbonyl (C=O) groups is 2. The number of benzene rings is 3. The van der Waals surface area contributed by atoms with Gasteiger partial charge in [-0.15, -0.1) is 0 Å². The third kappa shape index (κ3) is 3.50. The highest BCUT2D eigenvalue weighted by Gasteiger charge is 2.48. The predicted molar refractivity (Wildman–Crippen MR) is 126 cm³/mol. The molecule has 7 nitrogen and oxygen atoms in total. The number of nitrogens with zero attached hydrogens (tertiary/aromatic N) is 2. The van der Waals surface area contributed by atoms with E-state index in [4.69, 9.17) is 4.74 Å². The molecule has 164 valence electrons. The molecule has 0 spiro atoms. The van der Waals surface area contributed by atoms with Crippen LogP contribution in [0.3, 0.4) is 0 Å². The minimum atomic E-state index is -0.959. The minimum absolute atomic E-state index is 0.0214. The number of carbonyl (C=O) groups excluding carboxylic acids is 2. The molecule has 8 heteroatoms. The van der Waals surface area contributed by atoms with E-state index in [1.54, 1.807) is 67.8 Å². The summed E-state index contributed by atoms with van der Waals surface area (Å²) >= 11 is 1.24. The summed E-state index contributed by atoms with van der Waals surface area (Å²) in [4.78, 5) is 32.3. The van der Waals surface area contributed by atoms with Gasteiger partial charge in [0.25, 0.3) is 5.78 Å². The molecule has 3 aromatic carbocycles. The van der Waals surface area contributed by atoms with E-state index in [0.29, 0.717) is 27.5 Å². The molecule has 1 aliphatic heterocycles. The highest BCUT2D eigenvalue weighted by atomic mass is 32.1. The molecule has 0 radical (unpaired) electrons. The lowest BCUT2D eigenvalue weighted by molar-refractivity contribution is -0.132. The van der Waals surface area contributed by atoms with Crippen LogP contribution in [0.4, 0.5) is 5.13 Å². The molecule has 0 aliphatic carbocycles. The van der Waals surface area contributed by atoms with Crippen LogP contribution in [-0.2, 0) is 9.59 Å². The first-order valence-corrected chi connectivity index (χ1v) is 10.9. The highest BCUT2D eigenvalue weighted by molar-refractivity contribution is 7.22. The number of hydrogen-bond donors (Lipinski definition) is 2. The van der Waals surface area contributed by atoms with Crippen LogP contribution in [0.15, 0.2) is 78.4 Å². The molecule has 1 amide bonds. The van der Waals surface area contributed by atoms with E-state index >= 15 is 0 Å². The van der Waals surface area contributed by atoms with Crippen molar-refractivity contribution in [3.63, 3.8) is 0 Å². The van der Waals surface area contributed by atoms with Crippen molar-refractivity contribution in [1.29, 1.82) is 0 Å². The van der Waals surface area contributed by atoms with Gasteiger partial charge in [-0.05, 0) is 35.9 Å². The van der Waals surface area contributed by atoms with Crippen LogP contribution in [0.2, 0.25) is 0 Å². The van der Waals surface area contributed by atoms with E-state index in [0.717, 1.165) is 4.70 Å². The van der Waals surface area contributed by atoms with Crippen LogP contribution in [-0.4, -0.2) is 34.0 Å². The highest BCUT2D eigenvalue weighted by Crippen LogP contribution is 2.45. The van der Waals surface area contributed by atoms with Gasteiger partial charge in [-0.1, -0.05) is 53.8 Å². The molecule has 5 rings (SSSR count). The second-order valence-electron chi connectivity index (χ2n) is 7.46. The van der Waals surface area contributed by atoms with Gasteiger partial charge in [0, 0.05) is 5.56 Å². The number of aliphatic hydroxyl groups is 1. The molecule has 1 aromatic heterocycles. The second kappa shape index (κ2) is 8.07. The Bertz CT molecular complexity index is 1430. The lowest BCUT2D eigenvalue weighted by Gasteiger charge is -2.23. The van der Waals surface area contributed by atoms with Crippen LogP contribution >= 0.6 is 11.3 Å². The summed E-state index contributed by atoms with van der Waals surface area (Å²) in [6.07, 6.45) is 0. The lowest BCUT2D eigenvalue weighted by atomic mass is 9.95. The molecule has 1 aliphatic rings. The summed E-state index contributed by atoms with van der Waals surface area (Å²) in [5.41, 5.74) is 1.47. The lowest BCUT2D eigenvalue weighted by Crippen LogP contribution is -2.29. The van der Waals surface area contributed by atoms with E-state index in [-0.39, 0.29) is 17.1 Å². The molecule has 33 heavy (non-hydrogen) atoms. The van der Waals surface area contributed by atoms with Crippen LogP contribution in [0.1, 0.15) is 17.2 Å². The summed E-state index contributed by atoms with van der Waals surface area (Å²) < 4.78 is 6.05. The van der Waals surface area contributed by atoms with Crippen molar-refractivity contribution >= 4 is 44.1 Å². The smallest absolute Gasteiger partial charge is 0.301 e. The van der Waals surface area contributed by atoms with Crippen LogP contribution in [0.5, 0.6) is 11.5 Å². The standard InChI is InChI=1S/C25H18N2O5S/c1-32-17-10-11-18-19(13-17)33-25(26-18)27-21(15-8-5-9-16(28)12-15)20(23(30)24(27)31)22(29)14-6-3-2-4-7-14/h2-13,21,28-29H,1H3. The van der Waals surface area contributed by atoms with E-state index in [1.165, 1.54) is 28.4 Å². The molecule has 2 heterocycles. The topological polar surface area (TPSA) is 100.0 Å². The average molecular weight is 458 g/mol. The predicted octanol–water partition coefficient (Wildman–Crippen LogP) is 4.64. The van der Waals surface area contributed by atoms with Crippen LogP contribution < -0.4 is 9.64 Å². The van der Waals surface area contributed by atoms with E-state index in [2.05, 4.69) is 4.98 Å². The first kappa shape index (κ1) is 20.7. The number of Topliss-reactive ketones (excluding diaryl/α,β-unsaturated/α-hetero) is 1. The number of aromatic hydroxyl groups is 1. The number of anilines is 1. The van der Waals surface area contributed by atoms with Crippen molar-refractivity contribution in [2.75, 3.05) is 12.0 Å². The number of fused-ring (bicyclic) bond motifs is 1. The number of ether oxygens (including phenoxy) is 1. The van der Waals surface area contributed by atoms with Crippen molar-refractivity contribution in [1.82, 2.24) is 4.98 Å². The quantitative estimate of drug-likeness (QED) is 0.263. The number of hydrogen-bond acceptors (Lipinski definition) is 7. The monoisotopic (exact) mass is 458 g/mol. The largest absolute Gasteiger partial charge is 0.508 e. The average Bonchev–Trinajstić information content (AvgIpc) is 3.37. The van der Waals surface area contributed by atoms with Gasteiger partial charge in [0.2, 0.25) is 0 Å². The molecule has 2 N–H and O–H groups in total. The maximum atomic E-state index is 13.2. The van der Waals surface area contributed by atoms with Gasteiger partial charge in [-0.3, -0.25) is 14.5 Å². The molecule has 1 atom stereocenters. The number of thiazole rings is 1. The number of phenolic OH excluding ortho intramolecular Hbond substituents is 1. The van der Waals surface area contributed by atoms with Gasteiger partial charge < -0.3 is 14.9 Å². The number of phenols is 1. The Morgan fingerprint density at radius 2 is 1.82 bits per heavy atom. The fourth-order valence-corrected chi connectivity index (χ4v) is 4.94. The normalized spacial score (nSPS) is 17.6. The minimum Gasteiger partial charge on any atom is -0.508 e. The Hall–Kier alpha value is -4.17. The molecular formula is C25H18N2O5S. The SMILES string of the molecule is COc1ccc2nc(N3C(=O)C(=O)C(=C(O)c4ccccc4)C3c3cccc(O)c3)sc2c1. The summed E-state index contributed by atoms with van der Waals surface area (Å²) in [5, 5.41) is 21.5. The van der Waals surface area contributed by atoms with Gasteiger partial charge in [0.1, 0.15) is 17.3 Å². The van der Waals surface area contributed by atoms with Gasteiger partial charge in [-0.25, -0.2) is 4.98 Å². The Balaban J connectivity index is 1.73. The third-order valence-electron chi connectivity index (χ3n) is 5.47. The number of rotatable bonds is 4. The second-order valence-corrected chi connectivity index (χ2v) is 8.47. The Morgan fingerprint density at radius 1 is 1.03 bits per heavy atom. The zero-order valence-corrected chi connectivity index (χ0v) is 18.2. The van der Waals surface area contributed by atoms with Gasteiger partial charge in [0.05, 0.1) is 28.9 Å². The number of ketones is 1. The summed E-state index contributed by atoms with van der Waals surface area (Å²) in [6, 6.07) is 19.2. The molecule has 0 saturated carbocycles. The van der Waals surface area contributed by atoms with Crippen molar-refractivity contribution in [2.24, 2.45) is 0 Å². The Kier molecular flexibility index (Phi) is 5.07.